The molecule has 3 aromatic rings. The van der Waals surface area contributed by atoms with E-state index in [-0.39, 0.29) is 0 Å². The lowest BCUT2D eigenvalue weighted by Gasteiger charge is -2.14. The fourth-order valence-corrected chi connectivity index (χ4v) is 4.30. The van der Waals surface area contributed by atoms with Gasteiger partial charge in [0.2, 0.25) is 10.6 Å². The predicted molar refractivity (Wildman–Crippen MR) is 123 cm³/mol. The summed E-state index contributed by atoms with van der Waals surface area (Å²) in [4.78, 5) is 5.18. The van der Waals surface area contributed by atoms with Crippen LogP contribution >= 0.6 is 11.3 Å². The number of hydrogen-bond donors (Lipinski definition) is 0. The van der Waals surface area contributed by atoms with E-state index in [0.29, 0.717) is 17.2 Å². The molecule has 3 rings (SSSR count). The van der Waals surface area contributed by atoms with Gasteiger partial charge in [-0.15, -0.1) is 11.3 Å². The maximum atomic E-state index is 5.51. The summed E-state index contributed by atoms with van der Waals surface area (Å²) in [6.07, 6.45) is 1.90. The van der Waals surface area contributed by atoms with Gasteiger partial charge in [-0.2, -0.15) is 5.10 Å². The van der Waals surface area contributed by atoms with Gasteiger partial charge in [-0.05, 0) is 44.0 Å². The van der Waals surface area contributed by atoms with Crippen molar-refractivity contribution in [3.05, 3.63) is 56.7 Å². The molecule has 0 aliphatic rings. The van der Waals surface area contributed by atoms with Crippen molar-refractivity contribution in [2.45, 2.75) is 20.8 Å². The fourth-order valence-electron chi connectivity index (χ4n) is 3.50. The number of ether oxygens (including phenoxy) is 3. The third-order valence-electron chi connectivity index (χ3n) is 4.88. The number of aryl methyl sites for hydroxylation is 3. The number of methoxy groups -OCH3 is 3. The molecule has 0 saturated heterocycles. The number of thiazole rings is 1. The van der Waals surface area contributed by atoms with Crippen LogP contribution in [0.3, 0.4) is 0 Å². The van der Waals surface area contributed by atoms with Gasteiger partial charge in [-0.1, -0.05) is 17.7 Å². The summed E-state index contributed by atoms with van der Waals surface area (Å²) < 4.78 is 18.3. The van der Waals surface area contributed by atoms with E-state index < -0.39 is 0 Å². The van der Waals surface area contributed by atoms with E-state index in [1.165, 1.54) is 28.0 Å². The maximum Gasteiger partial charge on any atom is 0.205 e. The molecule has 0 aliphatic heterocycles. The summed E-state index contributed by atoms with van der Waals surface area (Å²) in [7, 11) is 6.57. The Hall–Kier alpha value is -3.06. The van der Waals surface area contributed by atoms with Crippen LogP contribution in [0.25, 0.3) is 11.3 Å². The first-order chi connectivity index (χ1) is 14.4. The highest BCUT2D eigenvalue weighted by molar-refractivity contribution is 7.07. The molecule has 0 saturated carbocycles. The standard InChI is InChI=1S/C23H27N3O3S/c1-14-8-15(2)18(16(3)9-14)12-25-26-19(13-30-23(26)24-4)17-10-20(27-5)22(29-7)21(11-17)28-6/h8-13H,1-7H3/b24-23?,25-12+. The van der Waals surface area contributed by atoms with Gasteiger partial charge in [0.1, 0.15) is 0 Å². The Balaban J connectivity index is 2.16. The topological polar surface area (TPSA) is 57.3 Å². The third-order valence-corrected chi connectivity index (χ3v) is 5.78. The molecular formula is C23H27N3O3S. The highest BCUT2D eigenvalue weighted by Gasteiger charge is 2.17. The minimum atomic E-state index is 0.556. The second kappa shape index (κ2) is 9.17. The molecule has 0 radical (unpaired) electrons. The first-order valence-electron chi connectivity index (χ1n) is 9.49. The highest BCUT2D eigenvalue weighted by Crippen LogP contribution is 2.41. The first-order valence-corrected chi connectivity index (χ1v) is 10.4. The quantitative estimate of drug-likeness (QED) is 0.543. The summed E-state index contributed by atoms with van der Waals surface area (Å²) in [5, 5.41) is 6.81. The minimum absolute atomic E-state index is 0.556. The van der Waals surface area contributed by atoms with Crippen LogP contribution in [0.15, 0.2) is 39.7 Å². The molecule has 1 aromatic heterocycles. The lowest BCUT2D eigenvalue weighted by Crippen LogP contribution is -2.12. The van der Waals surface area contributed by atoms with Gasteiger partial charge < -0.3 is 14.2 Å². The second-order valence-corrected chi connectivity index (χ2v) is 7.75. The van der Waals surface area contributed by atoms with Crippen LogP contribution in [0.1, 0.15) is 22.3 Å². The van der Waals surface area contributed by atoms with E-state index in [9.17, 15) is 0 Å². The van der Waals surface area contributed by atoms with Crippen molar-refractivity contribution < 1.29 is 14.2 Å². The molecule has 0 N–H and O–H groups in total. The second-order valence-electron chi connectivity index (χ2n) is 6.91. The average Bonchev–Trinajstić information content (AvgIpc) is 3.14. The Morgan fingerprint density at radius 3 is 2.00 bits per heavy atom. The molecule has 0 fully saturated rings. The molecular weight excluding hydrogens is 398 g/mol. The zero-order valence-corrected chi connectivity index (χ0v) is 19.3. The van der Waals surface area contributed by atoms with Crippen LogP contribution in [0, 0.1) is 20.8 Å². The van der Waals surface area contributed by atoms with Crippen molar-refractivity contribution >= 4 is 17.6 Å². The largest absolute Gasteiger partial charge is 0.493 e. The molecule has 2 aromatic carbocycles. The molecule has 6 nitrogen and oxygen atoms in total. The van der Waals surface area contributed by atoms with Crippen molar-refractivity contribution in [1.29, 1.82) is 0 Å². The van der Waals surface area contributed by atoms with Crippen LogP contribution < -0.4 is 19.0 Å². The summed E-state index contributed by atoms with van der Waals surface area (Å²) in [6, 6.07) is 8.16. The number of aromatic nitrogens is 1. The average molecular weight is 426 g/mol. The van der Waals surface area contributed by atoms with Gasteiger partial charge in [0.05, 0.1) is 33.2 Å². The first kappa shape index (κ1) is 21.6. The summed E-state index contributed by atoms with van der Waals surface area (Å²) in [6.45, 7) is 6.31. The van der Waals surface area contributed by atoms with Crippen molar-refractivity contribution in [3.8, 4) is 28.5 Å². The molecule has 0 amide bonds. The summed E-state index contributed by atoms with van der Waals surface area (Å²) in [5.74, 6) is 1.74. The van der Waals surface area contributed by atoms with E-state index in [1.807, 2.05) is 28.4 Å². The van der Waals surface area contributed by atoms with Crippen molar-refractivity contribution in [2.24, 2.45) is 10.1 Å². The summed E-state index contributed by atoms with van der Waals surface area (Å²) >= 11 is 1.52. The van der Waals surface area contributed by atoms with Crippen molar-refractivity contribution in [1.82, 2.24) is 4.68 Å². The van der Waals surface area contributed by atoms with Crippen LogP contribution in [-0.4, -0.2) is 39.3 Å². The van der Waals surface area contributed by atoms with Gasteiger partial charge in [0, 0.05) is 23.6 Å². The van der Waals surface area contributed by atoms with Gasteiger partial charge in [-0.3, -0.25) is 4.99 Å². The van der Waals surface area contributed by atoms with Crippen LogP contribution in [0.5, 0.6) is 17.2 Å². The lowest BCUT2D eigenvalue weighted by molar-refractivity contribution is 0.324. The number of nitrogens with zero attached hydrogens (tertiary/aromatic N) is 3. The molecule has 0 spiro atoms. The SMILES string of the molecule is CN=c1scc(-c2cc(OC)c(OC)c(OC)c2)n1/N=C/c1c(C)cc(C)cc1C. The van der Waals surface area contributed by atoms with Crippen molar-refractivity contribution in [2.75, 3.05) is 28.4 Å². The van der Waals surface area contributed by atoms with Crippen LogP contribution in [0.2, 0.25) is 0 Å². The number of rotatable bonds is 6. The maximum absolute atomic E-state index is 5.51. The third kappa shape index (κ3) is 4.11. The van der Waals surface area contributed by atoms with Crippen LogP contribution in [0.4, 0.5) is 0 Å². The monoisotopic (exact) mass is 425 g/mol. The Morgan fingerprint density at radius 1 is 0.900 bits per heavy atom. The molecule has 0 aliphatic carbocycles. The van der Waals surface area contributed by atoms with Gasteiger partial charge >= 0.3 is 0 Å². The Morgan fingerprint density at radius 2 is 1.50 bits per heavy atom. The molecule has 0 atom stereocenters. The zero-order valence-electron chi connectivity index (χ0n) is 18.4. The molecule has 158 valence electrons. The normalized spacial score (nSPS) is 11.9. The molecule has 0 unspecified atom stereocenters. The van der Waals surface area contributed by atoms with E-state index in [1.54, 1.807) is 28.4 Å². The highest BCUT2D eigenvalue weighted by atomic mass is 32.1. The number of hydrogen-bond acceptors (Lipinski definition) is 6. The van der Waals surface area contributed by atoms with Crippen LogP contribution in [-0.2, 0) is 0 Å². The Labute approximate surface area is 181 Å². The molecule has 30 heavy (non-hydrogen) atoms. The van der Waals surface area contributed by atoms with E-state index in [4.69, 9.17) is 19.3 Å². The number of benzene rings is 2. The Bertz CT molecular complexity index is 1110. The minimum Gasteiger partial charge on any atom is -0.493 e. The van der Waals surface area contributed by atoms with E-state index >= 15 is 0 Å². The smallest absolute Gasteiger partial charge is 0.205 e. The van der Waals surface area contributed by atoms with Crippen molar-refractivity contribution in [3.63, 3.8) is 0 Å². The summed E-state index contributed by atoms with van der Waals surface area (Å²) in [5.41, 5.74) is 6.52. The zero-order chi connectivity index (χ0) is 21.8. The van der Waals surface area contributed by atoms with Gasteiger partial charge in [0.15, 0.2) is 11.5 Å². The van der Waals surface area contributed by atoms with Gasteiger partial charge in [-0.25, -0.2) is 4.68 Å². The van der Waals surface area contributed by atoms with Gasteiger partial charge in [0.25, 0.3) is 0 Å². The van der Waals surface area contributed by atoms with E-state index in [2.05, 4.69) is 37.9 Å². The molecule has 1 heterocycles. The van der Waals surface area contributed by atoms with E-state index in [0.717, 1.165) is 21.6 Å². The molecule has 0 bridgehead atoms. The Kier molecular flexibility index (Phi) is 6.62. The predicted octanol–water partition coefficient (Wildman–Crippen LogP) is 4.58. The molecule has 7 heteroatoms. The fraction of sp³-hybridized carbons (Fsp3) is 0.304. The lowest BCUT2D eigenvalue weighted by atomic mass is 10.0.